The largest absolute Gasteiger partial charge is 0.444 e. The number of rotatable bonds is 5. The van der Waals surface area contributed by atoms with Crippen LogP contribution >= 0.6 is 15.9 Å². The first kappa shape index (κ1) is 18.5. The van der Waals surface area contributed by atoms with Crippen LogP contribution in [0.2, 0.25) is 0 Å². The van der Waals surface area contributed by atoms with E-state index < -0.39 is 17.7 Å². The van der Waals surface area contributed by atoms with Crippen LogP contribution < -0.4 is 10.6 Å². The smallest absolute Gasteiger partial charge is 0.408 e. The third-order valence-corrected chi connectivity index (χ3v) is 3.55. The second-order valence-corrected chi connectivity index (χ2v) is 6.85. The minimum absolute atomic E-state index is 0.238. The number of benzene rings is 1. The molecule has 1 rings (SSSR count). The zero-order valence-corrected chi connectivity index (χ0v) is 15.0. The molecule has 0 aliphatic carbocycles. The number of amides is 2. The van der Waals surface area contributed by atoms with Gasteiger partial charge in [-0.2, -0.15) is 0 Å². The standard InChI is InChI=1S/C16H23BrN2O3/c1-11(19-15(21)22-16(2,3)4)14(20)18-10-9-12-7-5-6-8-13(12)17/h5-8,11H,9-10H2,1-4H3,(H,18,20)(H,19,21)/t11-/m1/s1. The summed E-state index contributed by atoms with van der Waals surface area (Å²) in [5.41, 5.74) is 0.537. The highest BCUT2D eigenvalue weighted by Crippen LogP contribution is 2.15. The predicted octanol–water partition coefficient (Wildman–Crippen LogP) is 3.02. The Balaban J connectivity index is 2.36. The molecule has 1 aromatic carbocycles. The van der Waals surface area contributed by atoms with Gasteiger partial charge in [-0.05, 0) is 45.7 Å². The molecule has 1 atom stereocenters. The fourth-order valence-electron chi connectivity index (χ4n) is 1.72. The Morgan fingerprint density at radius 2 is 1.91 bits per heavy atom. The minimum Gasteiger partial charge on any atom is -0.444 e. The molecule has 0 heterocycles. The van der Waals surface area contributed by atoms with E-state index >= 15 is 0 Å². The van der Waals surface area contributed by atoms with Crippen LogP contribution in [-0.2, 0) is 16.0 Å². The number of hydrogen-bond donors (Lipinski definition) is 2. The molecular formula is C16H23BrN2O3. The van der Waals surface area contributed by atoms with E-state index in [0.29, 0.717) is 13.0 Å². The Hall–Kier alpha value is -1.56. The summed E-state index contributed by atoms with van der Waals surface area (Å²) in [7, 11) is 0. The highest BCUT2D eigenvalue weighted by Gasteiger charge is 2.20. The third-order valence-electron chi connectivity index (χ3n) is 2.78. The van der Waals surface area contributed by atoms with Crippen molar-refractivity contribution >= 4 is 27.9 Å². The molecule has 1 aromatic rings. The lowest BCUT2D eigenvalue weighted by Gasteiger charge is -2.21. The zero-order chi connectivity index (χ0) is 16.8. The van der Waals surface area contributed by atoms with E-state index in [0.717, 1.165) is 10.0 Å². The minimum atomic E-state index is -0.644. The number of alkyl carbamates (subject to hydrolysis) is 1. The van der Waals surface area contributed by atoms with E-state index in [2.05, 4.69) is 26.6 Å². The van der Waals surface area contributed by atoms with Crippen molar-refractivity contribution in [3.63, 3.8) is 0 Å². The maximum atomic E-state index is 11.9. The molecule has 0 fully saturated rings. The van der Waals surface area contributed by atoms with Gasteiger partial charge in [-0.15, -0.1) is 0 Å². The summed E-state index contributed by atoms with van der Waals surface area (Å²) in [6.45, 7) is 7.44. The van der Waals surface area contributed by atoms with Crippen LogP contribution in [0.3, 0.4) is 0 Å². The lowest BCUT2D eigenvalue weighted by atomic mass is 10.1. The lowest BCUT2D eigenvalue weighted by Crippen LogP contribution is -2.46. The van der Waals surface area contributed by atoms with Gasteiger partial charge in [0, 0.05) is 11.0 Å². The van der Waals surface area contributed by atoms with Crippen molar-refractivity contribution in [2.45, 2.75) is 45.8 Å². The van der Waals surface area contributed by atoms with Gasteiger partial charge in [-0.25, -0.2) is 4.79 Å². The van der Waals surface area contributed by atoms with Crippen LogP contribution in [0.25, 0.3) is 0 Å². The van der Waals surface area contributed by atoms with Gasteiger partial charge in [0.05, 0.1) is 0 Å². The maximum absolute atomic E-state index is 11.9. The Kier molecular flexibility index (Phi) is 6.87. The molecule has 122 valence electrons. The summed E-state index contributed by atoms with van der Waals surface area (Å²) in [5, 5.41) is 5.31. The number of ether oxygens (including phenoxy) is 1. The van der Waals surface area contributed by atoms with E-state index in [9.17, 15) is 9.59 Å². The molecule has 0 spiro atoms. The normalized spacial score (nSPS) is 12.4. The molecule has 0 bridgehead atoms. The summed E-state index contributed by atoms with van der Waals surface area (Å²) < 4.78 is 6.13. The summed E-state index contributed by atoms with van der Waals surface area (Å²) >= 11 is 3.47. The first-order valence-corrected chi connectivity index (χ1v) is 7.99. The first-order valence-electron chi connectivity index (χ1n) is 7.19. The second-order valence-electron chi connectivity index (χ2n) is 6.00. The average molecular weight is 371 g/mol. The molecule has 2 amide bonds. The van der Waals surface area contributed by atoms with Crippen molar-refractivity contribution in [1.29, 1.82) is 0 Å². The molecule has 0 aliphatic rings. The highest BCUT2D eigenvalue weighted by atomic mass is 79.9. The number of halogens is 1. The van der Waals surface area contributed by atoms with Crippen molar-refractivity contribution in [2.24, 2.45) is 0 Å². The molecular weight excluding hydrogens is 348 g/mol. The molecule has 6 heteroatoms. The van der Waals surface area contributed by atoms with Crippen molar-refractivity contribution in [2.75, 3.05) is 6.54 Å². The lowest BCUT2D eigenvalue weighted by molar-refractivity contribution is -0.122. The van der Waals surface area contributed by atoms with Gasteiger partial charge in [0.1, 0.15) is 11.6 Å². The zero-order valence-electron chi connectivity index (χ0n) is 13.4. The Morgan fingerprint density at radius 3 is 2.50 bits per heavy atom. The maximum Gasteiger partial charge on any atom is 0.408 e. The van der Waals surface area contributed by atoms with Crippen LogP contribution in [0.1, 0.15) is 33.3 Å². The molecule has 0 saturated heterocycles. The topological polar surface area (TPSA) is 67.4 Å². The van der Waals surface area contributed by atoms with E-state index in [4.69, 9.17) is 4.74 Å². The van der Waals surface area contributed by atoms with Crippen molar-refractivity contribution < 1.29 is 14.3 Å². The monoisotopic (exact) mass is 370 g/mol. The van der Waals surface area contributed by atoms with Gasteiger partial charge in [-0.3, -0.25) is 4.79 Å². The molecule has 0 aliphatic heterocycles. The number of hydrogen-bond acceptors (Lipinski definition) is 3. The van der Waals surface area contributed by atoms with Gasteiger partial charge >= 0.3 is 6.09 Å². The summed E-state index contributed by atoms with van der Waals surface area (Å²) in [4.78, 5) is 23.5. The van der Waals surface area contributed by atoms with Gasteiger partial charge < -0.3 is 15.4 Å². The first-order chi connectivity index (χ1) is 10.2. The van der Waals surface area contributed by atoms with Crippen LogP contribution in [-0.4, -0.2) is 30.2 Å². The molecule has 2 N–H and O–H groups in total. The van der Waals surface area contributed by atoms with Crippen LogP contribution in [0.15, 0.2) is 28.7 Å². The number of nitrogens with one attached hydrogen (secondary N) is 2. The van der Waals surface area contributed by atoms with Crippen LogP contribution in [0.5, 0.6) is 0 Å². The van der Waals surface area contributed by atoms with Gasteiger partial charge in [0.15, 0.2) is 0 Å². The molecule has 0 saturated carbocycles. The number of carbonyl (C=O) groups is 2. The quantitative estimate of drug-likeness (QED) is 0.836. The van der Waals surface area contributed by atoms with E-state index in [1.54, 1.807) is 27.7 Å². The SMILES string of the molecule is C[C@@H](NC(=O)OC(C)(C)C)C(=O)NCCc1ccccc1Br. The van der Waals surface area contributed by atoms with Crippen LogP contribution in [0, 0.1) is 0 Å². The highest BCUT2D eigenvalue weighted by molar-refractivity contribution is 9.10. The molecule has 0 radical (unpaired) electrons. The molecule has 0 aromatic heterocycles. The summed E-state index contributed by atoms with van der Waals surface area (Å²) in [6, 6.07) is 7.21. The second kappa shape index (κ2) is 8.17. The van der Waals surface area contributed by atoms with E-state index in [1.807, 2.05) is 24.3 Å². The van der Waals surface area contributed by atoms with Crippen molar-refractivity contribution in [3.05, 3.63) is 34.3 Å². The van der Waals surface area contributed by atoms with Crippen LogP contribution in [0.4, 0.5) is 4.79 Å². The van der Waals surface area contributed by atoms with Gasteiger partial charge in [0.25, 0.3) is 0 Å². The molecule has 5 nitrogen and oxygen atoms in total. The fraction of sp³-hybridized carbons (Fsp3) is 0.500. The van der Waals surface area contributed by atoms with E-state index in [-0.39, 0.29) is 5.91 Å². The summed E-state index contributed by atoms with van der Waals surface area (Å²) in [6.07, 6.45) is 0.118. The Morgan fingerprint density at radius 1 is 1.27 bits per heavy atom. The Labute approximate surface area is 139 Å². The number of carbonyl (C=O) groups excluding carboxylic acids is 2. The molecule has 0 unspecified atom stereocenters. The van der Waals surface area contributed by atoms with Crippen molar-refractivity contribution in [1.82, 2.24) is 10.6 Å². The molecule has 22 heavy (non-hydrogen) atoms. The Bertz CT molecular complexity index is 526. The summed E-state index contributed by atoms with van der Waals surface area (Å²) in [5.74, 6) is -0.238. The average Bonchev–Trinajstić information content (AvgIpc) is 2.38. The fourth-order valence-corrected chi connectivity index (χ4v) is 2.21. The third kappa shape index (κ3) is 6.93. The predicted molar refractivity (Wildman–Crippen MR) is 89.7 cm³/mol. The van der Waals surface area contributed by atoms with Gasteiger partial charge in [0.2, 0.25) is 5.91 Å². The van der Waals surface area contributed by atoms with Crippen molar-refractivity contribution in [3.8, 4) is 0 Å². The van der Waals surface area contributed by atoms with E-state index in [1.165, 1.54) is 0 Å². The van der Waals surface area contributed by atoms with Gasteiger partial charge in [-0.1, -0.05) is 34.1 Å².